The number of carboxylic acid groups (broad SMARTS) is 1. The van der Waals surface area contributed by atoms with E-state index in [0.717, 1.165) is 16.7 Å². The van der Waals surface area contributed by atoms with Crippen molar-refractivity contribution in [2.75, 3.05) is 0 Å². The summed E-state index contributed by atoms with van der Waals surface area (Å²) in [7, 11) is 1.72. The summed E-state index contributed by atoms with van der Waals surface area (Å²) in [5.41, 5.74) is 3.39. The van der Waals surface area contributed by atoms with Crippen LogP contribution in [0.5, 0.6) is 0 Å². The zero-order valence-corrected chi connectivity index (χ0v) is 20.0. The molecule has 0 aliphatic rings. The molecule has 9 heteroatoms. The molecule has 0 fully saturated rings. The molecule has 0 amide bonds. The summed E-state index contributed by atoms with van der Waals surface area (Å²) in [6.07, 6.45) is 0.224. The van der Waals surface area contributed by atoms with Gasteiger partial charge in [0.25, 0.3) is 0 Å². The van der Waals surface area contributed by atoms with Gasteiger partial charge in [-0.25, -0.2) is 4.68 Å². The van der Waals surface area contributed by atoms with Gasteiger partial charge in [-0.3, -0.25) is 0 Å². The summed E-state index contributed by atoms with van der Waals surface area (Å²) in [5, 5.41) is 42.6. The Morgan fingerprint density at radius 1 is 1.06 bits per heavy atom. The van der Waals surface area contributed by atoms with E-state index in [0.29, 0.717) is 11.4 Å². The van der Waals surface area contributed by atoms with Crippen LogP contribution in [0.1, 0.15) is 29.8 Å². The molecule has 8 nitrogen and oxygen atoms in total. The summed E-state index contributed by atoms with van der Waals surface area (Å²) in [6, 6.07) is 19.5. The summed E-state index contributed by atoms with van der Waals surface area (Å²) in [5.74, 6) is -0.883. The van der Waals surface area contributed by atoms with Crippen molar-refractivity contribution in [2.45, 2.75) is 25.0 Å². The second-order valence-corrected chi connectivity index (χ2v) is 7.04. The Labute approximate surface area is 208 Å². The van der Waals surface area contributed by atoms with Crippen LogP contribution in [0.2, 0.25) is 0 Å². The first-order valence-electron chi connectivity index (χ1n) is 9.77. The van der Waals surface area contributed by atoms with Crippen LogP contribution in [0.3, 0.4) is 0 Å². The van der Waals surface area contributed by atoms with Crippen molar-refractivity contribution in [3.05, 3.63) is 89.8 Å². The number of aliphatic carboxylic acids is 1. The minimum absolute atomic E-state index is 0. The van der Waals surface area contributed by atoms with Gasteiger partial charge in [0.2, 0.25) is 0 Å². The van der Waals surface area contributed by atoms with Crippen molar-refractivity contribution in [1.82, 2.24) is 20.2 Å². The topological polar surface area (TPSA) is 124 Å². The first-order valence-corrected chi connectivity index (χ1v) is 9.77. The van der Waals surface area contributed by atoms with Crippen LogP contribution in [-0.4, -0.2) is 48.6 Å². The quantitative estimate of drug-likeness (QED) is 0.290. The number of aryl methyl sites for hydroxylation is 1. The van der Waals surface area contributed by atoms with E-state index in [1.54, 1.807) is 13.1 Å². The molecule has 160 valence electrons. The molecular weight excluding hydrogens is 419 g/mol. The molecule has 2 N–H and O–H groups in total. The van der Waals surface area contributed by atoms with E-state index in [-0.39, 0.29) is 36.0 Å². The number of tetrazole rings is 1. The first-order chi connectivity index (χ1) is 15.0. The van der Waals surface area contributed by atoms with E-state index in [1.165, 1.54) is 10.8 Å². The molecule has 0 bridgehead atoms. The van der Waals surface area contributed by atoms with Gasteiger partial charge in [-0.05, 0) is 27.1 Å². The molecule has 0 spiro atoms. The Kier molecular flexibility index (Phi) is 9.96. The van der Waals surface area contributed by atoms with Crippen LogP contribution in [-0.2, 0) is 11.8 Å². The largest absolute Gasteiger partial charge is 1.00 e. The second kappa shape index (κ2) is 12.4. The maximum Gasteiger partial charge on any atom is 1.00 e. The van der Waals surface area contributed by atoms with Gasteiger partial charge in [0.05, 0.1) is 12.2 Å². The van der Waals surface area contributed by atoms with Gasteiger partial charge < -0.3 is 20.1 Å². The summed E-state index contributed by atoms with van der Waals surface area (Å²) < 4.78 is 1.53. The van der Waals surface area contributed by atoms with Crippen LogP contribution in [0.15, 0.2) is 72.8 Å². The van der Waals surface area contributed by atoms with Crippen molar-refractivity contribution in [2.24, 2.45) is 7.05 Å². The fourth-order valence-electron chi connectivity index (χ4n) is 3.25. The molecule has 0 unspecified atom stereocenters. The van der Waals surface area contributed by atoms with Crippen molar-refractivity contribution in [1.29, 1.82) is 0 Å². The number of allylic oxidation sites excluding steroid dienone is 2. The smallest absolute Gasteiger partial charge is 0.550 e. The van der Waals surface area contributed by atoms with E-state index in [2.05, 4.69) is 15.5 Å². The number of aromatic nitrogens is 4. The number of hydrogen-bond donors (Lipinski definition) is 2. The van der Waals surface area contributed by atoms with E-state index < -0.39 is 24.6 Å². The van der Waals surface area contributed by atoms with Crippen molar-refractivity contribution < 1.29 is 49.7 Å². The molecule has 0 saturated carbocycles. The number of rotatable bonds is 9. The normalized spacial score (nSPS) is 12.7. The van der Waals surface area contributed by atoms with E-state index in [1.807, 2.05) is 60.7 Å². The number of benzene rings is 2. The zero-order valence-electron chi connectivity index (χ0n) is 18.0. The Hall–Kier alpha value is -2.62. The number of nitrogens with zero attached hydrogens (tertiary/aromatic N) is 4. The maximum atomic E-state index is 10.7. The van der Waals surface area contributed by atoms with Gasteiger partial charge in [-0.2, -0.15) is 0 Å². The average Bonchev–Trinajstić information content (AvgIpc) is 3.17. The predicted molar refractivity (Wildman–Crippen MR) is 113 cm³/mol. The molecule has 0 aliphatic carbocycles. The summed E-state index contributed by atoms with van der Waals surface area (Å²) in [6.45, 7) is 0. The third-order valence-electron chi connectivity index (χ3n) is 4.66. The molecule has 0 aliphatic heterocycles. The number of carboxylic acids is 1. The van der Waals surface area contributed by atoms with Crippen molar-refractivity contribution >= 4 is 17.1 Å². The van der Waals surface area contributed by atoms with E-state index in [4.69, 9.17) is 0 Å². The zero-order chi connectivity index (χ0) is 22.2. The van der Waals surface area contributed by atoms with Gasteiger partial charge in [0, 0.05) is 31.4 Å². The van der Waals surface area contributed by atoms with E-state index >= 15 is 0 Å². The minimum atomic E-state index is -1.37. The Morgan fingerprint density at radius 3 is 2.09 bits per heavy atom. The van der Waals surface area contributed by atoms with Crippen molar-refractivity contribution in [3.8, 4) is 0 Å². The SMILES string of the molecule is Cn1nnnc1C(/C=C/[C@@H](O)C[C@@H](O)CC(=O)[O-])=C(c1ccccc1)c1ccccc1.[Na+]. The monoisotopic (exact) mass is 442 g/mol. The summed E-state index contributed by atoms with van der Waals surface area (Å²) in [4.78, 5) is 10.7. The van der Waals surface area contributed by atoms with Gasteiger partial charge in [-0.15, -0.1) is 5.10 Å². The molecular formula is C23H23N4NaO4. The molecule has 0 radical (unpaired) electrons. The fraction of sp³-hybridized carbons (Fsp3) is 0.217. The number of carbonyl (C=O) groups is 1. The maximum absolute atomic E-state index is 10.7. The first kappa shape index (κ1) is 25.6. The van der Waals surface area contributed by atoms with Crippen LogP contribution in [0, 0.1) is 0 Å². The van der Waals surface area contributed by atoms with Crippen LogP contribution < -0.4 is 34.7 Å². The van der Waals surface area contributed by atoms with Gasteiger partial charge >= 0.3 is 29.6 Å². The second-order valence-electron chi connectivity index (χ2n) is 7.04. The molecule has 2 atom stereocenters. The van der Waals surface area contributed by atoms with Crippen LogP contribution >= 0.6 is 0 Å². The third kappa shape index (κ3) is 6.94. The number of carbonyl (C=O) groups excluding carboxylic acids is 1. The number of aliphatic hydroxyl groups is 2. The molecule has 0 saturated heterocycles. The average molecular weight is 442 g/mol. The molecule has 32 heavy (non-hydrogen) atoms. The Bertz CT molecular complexity index is 1030. The van der Waals surface area contributed by atoms with Gasteiger partial charge in [0.15, 0.2) is 5.82 Å². The number of hydrogen-bond acceptors (Lipinski definition) is 7. The fourth-order valence-corrected chi connectivity index (χ4v) is 3.25. The molecule has 1 heterocycles. The van der Waals surface area contributed by atoms with Crippen LogP contribution in [0.4, 0.5) is 0 Å². The standard InChI is InChI=1S/C23H24N4O4.Na/c1-27-23(24-25-26-27)20(13-12-18(28)14-19(29)15-21(30)31)22(16-8-4-2-5-9-16)17-10-6-3-7-11-17;/h2-13,18-19,28-29H,14-15H2,1H3,(H,30,31);/q;+1/p-1/b13-12+;/t18-,19-;/m1./s1. The molecule has 3 aromatic rings. The van der Waals surface area contributed by atoms with E-state index in [9.17, 15) is 20.1 Å². The van der Waals surface area contributed by atoms with Gasteiger partial charge in [0.1, 0.15) is 0 Å². The summed E-state index contributed by atoms with van der Waals surface area (Å²) >= 11 is 0. The van der Waals surface area contributed by atoms with Crippen LogP contribution in [0.25, 0.3) is 11.1 Å². The molecule has 1 aromatic heterocycles. The Morgan fingerprint density at radius 2 is 1.62 bits per heavy atom. The van der Waals surface area contributed by atoms with Gasteiger partial charge in [-0.1, -0.05) is 72.8 Å². The third-order valence-corrected chi connectivity index (χ3v) is 4.66. The molecule has 3 rings (SSSR count). The molecule has 2 aromatic carbocycles. The Balaban J connectivity index is 0.00000363. The number of aliphatic hydroxyl groups excluding tert-OH is 2. The predicted octanol–water partition coefficient (Wildman–Crippen LogP) is -2.02. The van der Waals surface area contributed by atoms with Crippen molar-refractivity contribution in [3.63, 3.8) is 0 Å². The minimum Gasteiger partial charge on any atom is -0.550 e.